The zero-order chi connectivity index (χ0) is 29.1. The largest absolute Gasteiger partial charge is 0.106 e. The molecule has 1 aliphatic rings. The van der Waals surface area contributed by atoms with Crippen LogP contribution in [0.3, 0.4) is 0 Å². The molecule has 0 aliphatic heterocycles. The topological polar surface area (TPSA) is 0 Å². The maximum Gasteiger partial charge on any atom is -0.0225 e. The van der Waals surface area contributed by atoms with Crippen LogP contribution in [0.15, 0.2) is 49.1 Å². The second kappa shape index (κ2) is 46.3. The SMILES string of the molecule is C=C.C=C(C)CC(C)/C=C\C1CC1.CC.CC.CCC.CCCC=C(C)C.CCCCCC(C)C. The predicted molar refractivity (Wildman–Crippen MR) is 174 cm³/mol. The lowest BCUT2D eigenvalue weighted by Gasteiger charge is -2.03. The predicted octanol–water partition coefficient (Wildman–Crippen LogP) is 13.8. The van der Waals surface area contributed by atoms with Crippen LogP contribution in [-0.2, 0) is 0 Å². The van der Waals surface area contributed by atoms with Crippen LogP contribution in [-0.4, -0.2) is 0 Å². The third-order valence-corrected chi connectivity index (χ3v) is 4.23. The van der Waals surface area contributed by atoms with Gasteiger partial charge >= 0.3 is 0 Å². The van der Waals surface area contributed by atoms with Crippen molar-refractivity contribution in [2.24, 2.45) is 17.8 Å². The molecular weight excluding hydrogens is 420 g/mol. The number of hydrogen-bond acceptors (Lipinski definition) is 0. The summed E-state index contributed by atoms with van der Waals surface area (Å²) in [5.41, 5.74) is 2.72. The lowest BCUT2D eigenvalue weighted by Crippen LogP contribution is -1.89. The quantitative estimate of drug-likeness (QED) is 0.209. The van der Waals surface area contributed by atoms with Gasteiger partial charge in [-0.05, 0) is 64.2 Å². The maximum atomic E-state index is 3.90. The summed E-state index contributed by atoms with van der Waals surface area (Å²) in [6.07, 6.45) is 20.3. The van der Waals surface area contributed by atoms with E-state index in [-0.39, 0.29) is 0 Å². The van der Waals surface area contributed by atoms with Crippen molar-refractivity contribution in [3.05, 3.63) is 49.1 Å². The summed E-state index contributed by atoms with van der Waals surface area (Å²) in [5, 5.41) is 0. The first kappa shape index (κ1) is 47.2. The molecule has 0 aromatic heterocycles. The zero-order valence-electron chi connectivity index (χ0n) is 27.7. The Bertz CT molecular complexity index is 388. The van der Waals surface area contributed by atoms with Crippen LogP contribution in [0, 0.1) is 17.8 Å². The molecule has 0 amide bonds. The van der Waals surface area contributed by atoms with Crippen LogP contribution < -0.4 is 0 Å². The summed E-state index contributed by atoms with van der Waals surface area (Å²) < 4.78 is 0. The van der Waals surface area contributed by atoms with Crippen molar-refractivity contribution in [2.45, 2.75) is 161 Å². The van der Waals surface area contributed by atoms with Gasteiger partial charge in [0.1, 0.15) is 0 Å². The minimum absolute atomic E-state index is 0.688. The van der Waals surface area contributed by atoms with Crippen LogP contribution in [0.4, 0.5) is 0 Å². The fraction of sp³-hybridized carbons (Fsp3) is 0.771. The van der Waals surface area contributed by atoms with Gasteiger partial charge in [-0.1, -0.05) is 144 Å². The molecule has 1 unspecified atom stereocenters. The Hall–Kier alpha value is -1.04. The molecular formula is C35H74. The van der Waals surface area contributed by atoms with Gasteiger partial charge in [0.25, 0.3) is 0 Å². The van der Waals surface area contributed by atoms with Crippen molar-refractivity contribution in [1.29, 1.82) is 0 Å². The smallest absolute Gasteiger partial charge is 0.0225 e. The van der Waals surface area contributed by atoms with Gasteiger partial charge in [-0.3, -0.25) is 0 Å². The van der Waals surface area contributed by atoms with Gasteiger partial charge in [0.05, 0.1) is 0 Å². The van der Waals surface area contributed by atoms with Gasteiger partial charge < -0.3 is 0 Å². The molecule has 1 saturated carbocycles. The molecule has 1 aliphatic carbocycles. The number of hydrogen-bond donors (Lipinski definition) is 0. The van der Waals surface area contributed by atoms with Gasteiger partial charge in [-0.2, -0.15) is 0 Å². The molecule has 1 fully saturated rings. The fourth-order valence-electron chi connectivity index (χ4n) is 2.49. The van der Waals surface area contributed by atoms with Crippen molar-refractivity contribution in [1.82, 2.24) is 0 Å². The average Bonchev–Trinajstić information content (AvgIpc) is 3.66. The molecule has 0 bridgehead atoms. The van der Waals surface area contributed by atoms with E-state index in [1.807, 2.05) is 27.7 Å². The molecule has 1 rings (SSSR count). The summed E-state index contributed by atoms with van der Waals surface area (Å²) >= 11 is 0. The molecule has 0 radical (unpaired) electrons. The standard InChI is InChI=1S/C11H18.C8H18.C7H14.C3H8.2C2H6.C2H4/c1-9(2)8-10(3)4-5-11-6-7-11;1-4-5-6-7-8(2)3;1-4-5-6-7(2)3;1-3-2;3*1-2/h4-5,10-11H,1,6-8H2,2-3H3;8H,4-7H2,1-3H3;6H,4-5H2,1-3H3;3H2,1-2H3;2*1-2H3;1-2H2/b5-4-;;;;;;. The second-order valence-electron chi connectivity index (χ2n) is 9.53. The van der Waals surface area contributed by atoms with Crippen molar-refractivity contribution >= 4 is 0 Å². The zero-order valence-corrected chi connectivity index (χ0v) is 27.7. The summed E-state index contributed by atoms with van der Waals surface area (Å²) in [7, 11) is 0. The van der Waals surface area contributed by atoms with E-state index in [1.165, 1.54) is 68.9 Å². The molecule has 1 atom stereocenters. The Balaban J connectivity index is -0.0000000787. The third-order valence-electron chi connectivity index (χ3n) is 4.23. The Morgan fingerprint density at radius 1 is 0.829 bits per heavy atom. The first-order valence-electron chi connectivity index (χ1n) is 15.1. The van der Waals surface area contributed by atoms with E-state index in [0.29, 0.717) is 5.92 Å². The van der Waals surface area contributed by atoms with Gasteiger partial charge in [-0.15, -0.1) is 19.7 Å². The Labute approximate surface area is 227 Å². The molecule has 0 aromatic rings. The van der Waals surface area contributed by atoms with E-state index >= 15 is 0 Å². The van der Waals surface area contributed by atoms with E-state index in [9.17, 15) is 0 Å². The maximum absolute atomic E-state index is 3.90. The molecule has 0 N–H and O–H groups in total. The fourth-order valence-corrected chi connectivity index (χ4v) is 2.49. The number of rotatable bonds is 10. The van der Waals surface area contributed by atoms with Crippen LogP contribution in [0.5, 0.6) is 0 Å². The summed E-state index contributed by atoms with van der Waals surface area (Å²) in [5.74, 6) is 2.51. The van der Waals surface area contributed by atoms with Crippen LogP contribution in [0.1, 0.15) is 161 Å². The van der Waals surface area contributed by atoms with Gasteiger partial charge in [-0.25, -0.2) is 0 Å². The number of allylic oxidation sites excluding steroid dienone is 5. The van der Waals surface area contributed by atoms with Crippen LogP contribution >= 0.6 is 0 Å². The monoisotopic (exact) mass is 495 g/mol. The second-order valence-corrected chi connectivity index (χ2v) is 9.53. The average molecular weight is 495 g/mol. The Morgan fingerprint density at radius 2 is 1.29 bits per heavy atom. The molecule has 0 heterocycles. The molecule has 0 saturated heterocycles. The highest BCUT2D eigenvalue weighted by Crippen LogP contribution is 2.30. The minimum Gasteiger partial charge on any atom is -0.106 e. The summed E-state index contributed by atoms with van der Waals surface area (Å²) in [6.45, 7) is 39.8. The van der Waals surface area contributed by atoms with E-state index in [2.05, 4.69) is 107 Å². The highest BCUT2D eigenvalue weighted by Gasteiger charge is 2.17. The summed E-state index contributed by atoms with van der Waals surface area (Å²) in [4.78, 5) is 0. The highest BCUT2D eigenvalue weighted by atomic mass is 14.2. The van der Waals surface area contributed by atoms with E-state index in [0.717, 1.165) is 18.3 Å². The van der Waals surface area contributed by atoms with E-state index in [1.54, 1.807) is 0 Å². The Kier molecular flexibility index (Phi) is 62.5. The minimum atomic E-state index is 0.688. The van der Waals surface area contributed by atoms with Crippen molar-refractivity contribution in [3.63, 3.8) is 0 Å². The van der Waals surface area contributed by atoms with Crippen LogP contribution in [0.25, 0.3) is 0 Å². The van der Waals surface area contributed by atoms with E-state index < -0.39 is 0 Å². The lowest BCUT2D eigenvalue weighted by molar-refractivity contribution is 0.534. The molecule has 0 aromatic carbocycles. The van der Waals surface area contributed by atoms with Gasteiger partial charge in [0, 0.05) is 0 Å². The highest BCUT2D eigenvalue weighted by molar-refractivity contribution is 5.01. The molecule has 0 spiro atoms. The van der Waals surface area contributed by atoms with Gasteiger partial charge in [0.15, 0.2) is 0 Å². The van der Waals surface area contributed by atoms with Crippen molar-refractivity contribution in [3.8, 4) is 0 Å². The molecule has 0 heteroatoms. The number of unbranched alkanes of at least 4 members (excludes halogenated alkanes) is 3. The van der Waals surface area contributed by atoms with Crippen molar-refractivity contribution < 1.29 is 0 Å². The van der Waals surface area contributed by atoms with Crippen molar-refractivity contribution in [2.75, 3.05) is 0 Å². The van der Waals surface area contributed by atoms with E-state index in [4.69, 9.17) is 0 Å². The summed E-state index contributed by atoms with van der Waals surface area (Å²) in [6, 6.07) is 0. The third kappa shape index (κ3) is 79.3. The first-order valence-corrected chi connectivity index (χ1v) is 15.1. The molecule has 214 valence electrons. The first-order chi connectivity index (χ1) is 16.6. The lowest BCUT2D eigenvalue weighted by atomic mass is 10.0. The van der Waals surface area contributed by atoms with Gasteiger partial charge in [0.2, 0.25) is 0 Å². The Morgan fingerprint density at radius 3 is 1.54 bits per heavy atom. The molecule has 35 heavy (non-hydrogen) atoms. The molecule has 0 nitrogen and oxygen atoms in total. The van der Waals surface area contributed by atoms with Crippen LogP contribution in [0.2, 0.25) is 0 Å². The normalized spacial score (nSPS) is 11.5.